The van der Waals surface area contributed by atoms with Gasteiger partial charge in [0, 0.05) is 0 Å². The molecule has 0 unspecified atom stereocenters. The zero-order valence-corrected chi connectivity index (χ0v) is 9.56. The van der Waals surface area contributed by atoms with Crippen molar-refractivity contribution in [2.24, 2.45) is 0 Å². The number of hydrogen-bond donors (Lipinski definition) is 0. The first-order chi connectivity index (χ1) is 3.46. The van der Waals surface area contributed by atoms with Crippen LogP contribution < -0.4 is 0 Å². The Morgan fingerprint density at radius 2 is 0.800 bits per heavy atom. The van der Waals surface area contributed by atoms with Crippen molar-refractivity contribution in [1.82, 2.24) is 0 Å². The summed E-state index contributed by atoms with van der Waals surface area (Å²) in [5.74, 6) is 0. The Morgan fingerprint density at radius 1 is 0.800 bits per heavy atom. The summed E-state index contributed by atoms with van der Waals surface area (Å²) in [5.41, 5.74) is 0. The van der Waals surface area contributed by atoms with Crippen molar-refractivity contribution < 1.29 is 92.3 Å². The molecule has 1 radical (unpaired) electrons. The molecule has 0 amide bonds. The fraction of sp³-hybridized carbons (Fsp3) is 0. The van der Waals surface area contributed by atoms with E-state index in [9.17, 15) is 0 Å². The molecule has 0 aromatic heterocycles. The van der Waals surface area contributed by atoms with Gasteiger partial charge in [0.15, 0.2) is 0 Å². The van der Waals surface area contributed by atoms with E-state index in [1.807, 2.05) is 0 Å². The first kappa shape index (κ1) is 22.5. The molecule has 0 aliphatic heterocycles. The van der Waals surface area contributed by atoms with Gasteiger partial charge in [-0.2, -0.15) is 0 Å². The number of hydrogen-bond acceptors (Lipinski definition) is 6. The molecule has 53 valence electrons. The van der Waals surface area contributed by atoms with Gasteiger partial charge in [-0.15, -0.1) is 0 Å². The van der Waals surface area contributed by atoms with Crippen LogP contribution in [0.1, 0.15) is 0 Å². The largest absolute Gasteiger partial charge is 3.00 e. The van der Waals surface area contributed by atoms with Crippen LogP contribution in [0.4, 0.5) is 0 Å². The molecule has 0 fully saturated rings. The second-order valence-electron chi connectivity index (χ2n) is 0.447. The van der Waals surface area contributed by atoms with Crippen LogP contribution in [0.3, 0.4) is 0 Å². The van der Waals surface area contributed by atoms with Crippen molar-refractivity contribution in [3.8, 4) is 0 Å². The molecule has 0 aliphatic rings. The minimum atomic E-state index is -1.75. The van der Waals surface area contributed by atoms with Gasteiger partial charge >= 0.3 is 82.1 Å². The van der Waals surface area contributed by atoms with E-state index in [0.717, 1.165) is 0 Å². The minimum Gasteiger partial charge on any atom is -0.356 e. The van der Waals surface area contributed by atoms with Crippen LogP contribution in [-0.2, 0) is 32.7 Å². The SMILES string of the molecule is O=[N+]([O-])[O-].O=[N+]([O-])[O-].[Eu+2].[Y+3]. The summed E-state index contributed by atoms with van der Waals surface area (Å²) < 4.78 is 0. The van der Waals surface area contributed by atoms with E-state index in [2.05, 4.69) is 0 Å². The van der Waals surface area contributed by atoms with E-state index in [1.165, 1.54) is 0 Å². The van der Waals surface area contributed by atoms with Crippen LogP contribution in [0.15, 0.2) is 0 Å². The van der Waals surface area contributed by atoms with Gasteiger partial charge in [0.1, 0.15) is 0 Å². The molecule has 10 heteroatoms. The van der Waals surface area contributed by atoms with Gasteiger partial charge < -0.3 is 30.6 Å². The molecule has 0 aliphatic carbocycles. The molecule has 0 saturated carbocycles. The van der Waals surface area contributed by atoms with Crippen molar-refractivity contribution in [3.05, 3.63) is 30.6 Å². The Balaban J connectivity index is -0.0000000300. The molecular formula is EuN2O6Y+3. The predicted octanol–water partition coefficient (Wildman–Crippen LogP) is -0.481. The average molecular weight is 365 g/mol. The number of nitrogens with zero attached hydrogens (tertiary/aromatic N) is 2. The predicted molar refractivity (Wildman–Crippen MR) is 20.7 cm³/mol. The molecule has 0 aromatic carbocycles. The van der Waals surface area contributed by atoms with E-state index in [1.54, 1.807) is 0 Å². The molecule has 0 rings (SSSR count). The Kier molecular flexibility index (Phi) is 37.2. The second-order valence-corrected chi connectivity index (χ2v) is 0.447. The van der Waals surface area contributed by atoms with Crippen molar-refractivity contribution in [1.29, 1.82) is 0 Å². The Bertz CT molecular complexity index is 73.7. The maximum atomic E-state index is 8.25. The summed E-state index contributed by atoms with van der Waals surface area (Å²) in [6, 6.07) is 0. The summed E-state index contributed by atoms with van der Waals surface area (Å²) in [6.07, 6.45) is 0. The van der Waals surface area contributed by atoms with Gasteiger partial charge in [0.25, 0.3) is 0 Å². The monoisotopic (exact) mass is 366 g/mol. The molecule has 0 aromatic rings. The maximum absolute atomic E-state index is 8.25. The van der Waals surface area contributed by atoms with E-state index in [4.69, 9.17) is 30.6 Å². The standard InChI is InChI=1S/Eu.2NO3.Y/c;2*2-1(3)4;/q+2;2*-1;+3. The van der Waals surface area contributed by atoms with E-state index < -0.39 is 10.2 Å². The molecular weight excluding hydrogens is 365 g/mol. The molecule has 0 bridgehead atoms. The van der Waals surface area contributed by atoms with E-state index in [0.29, 0.717) is 0 Å². The van der Waals surface area contributed by atoms with Crippen LogP contribution in [0.5, 0.6) is 0 Å². The molecule has 0 atom stereocenters. The minimum absolute atomic E-state index is 0. The van der Waals surface area contributed by atoms with Crippen LogP contribution in [-0.4, -0.2) is 10.2 Å². The molecule has 10 heavy (non-hydrogen) atoms. The first-order valence-corrected chi connectivity index (χ1v) is 1.10. The first-order valence-electron chi connectivity index (χ1n) is 1.10. The van der Waals surface area contributed by atoms with E-state index in [-0.39, 0.29) is 82.1 Å². The normalized spacial score (nSPS) is 4.80. The van der Waals surface area contributed by atoms with Crippen molar-refractivity contribution in [2.75, 3.05) is 0 Å². The van der Waals surface area contributed by atoms with E-state index >= 15 is 0 Å². The van der Waals surface area contributed by atoms with Crippen molar-refractivity contribution >= 4 is 0 Å². The molecule has 0 spiro atoms. The third-order valence-electron chi connectivity index (χ3n) is 0. The molecule has 0 N–H and O–H groups in total. The average Bonchev–Trinajstić information content (AvgIpc) is 1.25. The third-order valence-corrected chi connectivity index (χ3v) is 0. The fourth-order valence-corrected chi connectivity index (χ4v) is 0. The zero-order valence-electron chi connectivity index (χ0n) is 4.30. The van der Waals surface area contributed by atoms with Crippen molar-refractivity contribution in [2.45, 2.75) is 0 Å². The van der Waals surface area contributed by atoms with Crippen LogP contribution in [0.25, 0.3) is 0 Å². The maximum Gasteiger partial charge on any atom is 3.00 e. The van der Waals surface area contributed by atoms with Crippen LogP contribution >= 0.6 is 0 Å². The molecule has 8 nitrogen and oxygen atoms in total. The van der Waals surface area contributed by atoms with Crippen LogP contribution in [0.2, 0.25) is 0 Å². The summed E-state index contributed by atoms with van der Waals surface area (Å²) in [5, 5.41) is 29.5. The summed E-state index contributed by atoms with van der Waals surface area (Å²) >= 11 is 0. The van der Waals surface area contributed by atoms with Gasteiger partial charge in [-0.3, -0.25) is 0 Å². The summed E-state index contributed by atoms with van der Waals surface area (Å²) in [6.45, 7) is 0. The van der Waals surface area contributed by atoms with Gasteiger partial charge in [-0.05, 0) is 0 Å². The van der Waals surface area contributed by atoms with Gasteiger partial charge in [-0.1, -0.05) is 0 Å². The fourth-order valence-electron chi connectivity index (χ4n) is 0. The van der Waals surface area contributed by atoms with Gasteiger partial charge in [-0.25, -0.2) is 0 Å². The Hall–Kier alpha value is 1.09. The smallest absolute Gasteiger partial charge is 0.356 e. The topological polar surface area (TPSA) is 132 Å². The van der Waals surface area contributed by atoms with Gasteiger partial charge in [0.05, 0.1) is 10.2 Å². The van der Waals surface area contributed by atoms with Gasteiger partial charge in [0.2, 0.25) is 0 Å². The second kappa shape index (κ2) is 16.6. The van der Waals surface area contributed by atoms with Crippen LogP contribution in [0, 0.1) is 80.0 Å². The quantitative estimate of drug-likeness (QED) is 0.421. The zero-order chi connectivity index (χ0) is 7.15. The molecule has 0 heterocycles. The van der Waals surface area contributed by atoms with Crippen molar-refractivity contribution in [3.63, 3.8) is 0 Å². The summed E-state index contributed by atoms with van der Waals surface area (Å²) in [4.78, 5) is 16.5. The third kappa shape index (κ3) is 502. The Morgan fingerprint density at radius 3 is 0.800 bits per heavy atom. The number of rotatable bonds is 0. The Labute approximate surface area is 121 Å². The summed E-state index contributed by atoms with van der Waals surface area (Å²) in [7, 11) is 0. The molecule has 0 saturated heterocycles.